The standard InChI is InChI=1S/C11H6BrFN2O3/c1-3-2-4-5-8(14-11(17)15-10(5)16)7(13)6(12)9(4)18-3/h2H,1H3,(H2,14,15,16,17). The lowest BCUT2D eigenvalue weighted by Crippen LogP contribution is -2.22. The maximum Gasteiger partial charge on any atom is 0.326 e. The number of hydrogen-bond donors (Lipinski definition) is 2. The van der Waals surface area contributed by atoms with Gasteiger partial charge in [0.05, 0.1) is 15.4 Å². The Morgan fingerprint density at radius 2 is 2.06 bits per heavy atom. The van der Waals surface area contributed by atoms with Gasteiger partial charge in [0.15, 0.2) is 11.4 Å². The van der Waals surface area contributed by atoms with Crippen LogP contribution in [0.1, 0.15) is 5.76 Å². The predicted octanol–water partition coefficient (Wildman–Crippen LogP) is 2.17. The van der Waals surface area contributed by atoms with Crippen LogP contribution < -0.4 is 11.2 Å². The van der Waals surface area contributed by atoms with Crippen molar-refractivity contribution in [3.05, 3.63) is 43.0 Å². The molecule has 0 atom stereocenters. The van der Waals surface area contributed by atoms with Gasteiger partial charge in [0.25, 0.3) is 5.56 Å². The molecule has 2 heterocycles. The van der Waals surface area contributed by atoms with Crippen molar-refractivity contribution in [1.82, 2.24) is 9.97 Å². The van der Waals surface area contributed by atoms with E-state index < -0.39 is 17.1 Å². The Bertz CT molecular complexity index is 906. The van der Waals surface area contributed by atoms with Gasteiger partial charge in [0.2, 0.25) is 0 Å². The number of nitrogens with one attached hydrogen (secondary N) is 2. The Balaban J connectivity index is 2.78. The number of rotatable bonds is 0. The van der Waals surface area contributed by atoms with Gasteiger partial charge in [0.1, 0.15) is 5.76 Å². The summed E-state index contributed by atoms with van der Waals surface area (Å²) in [6.45, 7) is 1.69. The first kappa shape index (κ1) is 11.2. The fourth-order valence-corrected chi connectivity index (χ4v) is 2.47. The highest BCUT2D eigenvalue weighted by Gasteiger charge is 2.19. The van der Waals surface area contributed by atoms with Crippen LogP contribution >= 0.6 is 15.9 Å². The van der Waals surface area contributed by atoms with Gasteiger partial charge in [0, 0.05) is 5.39 Å². The summed E-state index contributed by atoms with van der Waals surface area (Å²) in [5.41, 5.74) is -1.29. The molecule has 0 fully saturated rings. The zero-order chi connectivity index (χ0) is 13.0. The minimum Gasteiger partial charge on any atom is -0.460 e. The van der Waals surface area contributed by atoms with Gasteiger partial charge >= 0.3 is 5.69 Å². The van der Waals surface area contributed by atoms with E-state index in [0.717, 1.165) is 0 Å². The van der Waals surface area contributed by atoms with E-state index in [1.165, 1.54) is 0 Å². The van der Waals surface area contributed by atoms with Crippen molar-refractivity contribution < 1.29 is 8.81 Å². The molecule has 2 aromatic heterocycles. The summed E-state index contributed by atoms with van der Waals surface area (Å²) >= 11 is 3.06. The van der Waals surface area contributed by atoms with Crippen LogP contribution in [0.15, 0.2) is 24.5 Å². The molecule has 18 heavy (non-hydrogen) atoms. The highest BCUT2D eigenvalue weighted by Crippen LogP contribution is 2.34. The third-order valence-electron chi connectivity index (χ3n) is 2.68. The summed E-state index contributed by atoms with van der Waals surface area (Å²) in [6.07, 6.45) is 0. The number of aromatic amines is 2. The predicted molar refractivity (Wildman–Crippen MR) is 67.4 cm³/mol. The van der Waals surface area contributed by atoms with Crippen molar-refractivity contribution in [3.63, 3.8) is 0 Å². The van der Waals surface area contributed by atoms with Crippen LogP contribution in [0.2, 0.25) is 0 Å². The topological polar surface area (TPSA) is 78.9 Å². The summed E-state index contributed by atoms with van der Waals surface area (Å²) in [5, 5.41) is 0.524. The van der Waals surface area contributed by atoms with E-state index in [4.69, 9.17) is 4.42 Å². The number of aromatic nitrogens is 2. The number of halogens is 2. The molecule has 0 amide bonds. The molecule has 0 saturated carbocycles. The van der Waals surface area contributed by atoms with Crippen molar-refractivity contribution in [2.45, 2.75) is 6.92 Å². The van der Waals surface area contributed by atoms with Crippen molar-refractivity contribution in [1.29, 1.82) is 0 Å². The summed E-state index contributed by atoms with van der Waals surface area (Å²) in [7, 11) is 0. The Morgan fingerprint density at radius 1 is 1.33 bits per heavy atom. The fraction of sp³-hybridized carbons (Fsp3) is 0.0909. The third-order valence-corrected chi connectivity index (χ3v) is 3.39. The monoisotopic (exact) mass is 312 g/mol. The maximum atomic E-state index is 14.1. The lowest BCUT2D eigenvalue weighted by molar-refractivity contribution is 0.568. The maximum absolute atomic E-state index is 14.1. The molecule has 0 radical (unpaired) electrons. The number of benzene rings is 1. The molecular weight excluding hydrogens is 307 g/mol. The Labute approximate surface area is 107 Å². The molecule has 92 valence electrons. The minimum absolute atomic E-state index is 0.0714. The Morgan fingerprint density at radius 3 is 2.78 bits per heavy atom. The second kappa shape index (κ2) is 3.55. The SMILES string of the molecule is Cc1cc2c(o1)c(Br)c(F)c1[nH]c(=O)[nH]c(=O)c12. The van der Waals surface area contributed by atoms with Crippen LogP contribution in [0.3, 0.4) is 0 Å². The Kier molecular flexibility index (Phi) is 2.21. The quantitative estimate of drug-likeness (QED) is 0.667. The van der Waals surface area contributed by atoms with E-state index >= 15 is 0 Å². The summed E-state index contributed by atoms with van der Waals surface area (Å²) in [5.74, 6) is -0.182. The molecule has 0 aliphatic heterocycles. The first-order valence-corrected chi connectivity index (χ1v) is 5.81. The number of hydrogen-bond acceptors (Lipinski definition) is 3. The normalized spacial score (nSPS) is 11.5. The molecule has 0 spiro atoms. The van der Waals surface area contributed by atoms with Gasteiger partial charge < -0.3 is 9.40 Å². The van der Waals surface area contributed by atoms with Gasteiger partial charge in [-0.2, -0.15) is 0 Å². The lowest BCUT2D eigenvalue weighted by atomic mass is 10.1. The van der Waals surface area contributed by atoms with Crippen molar-refractivity contribution in [2.75, 3.05) is 0 Å². The van der Waals surface area contributed by atoms with Crippen molar-refractivity contribution in [2.24, 2.45) is 0 Å². The molecule has 0 aliphatic carbocycles. The van der Waals surface area contributed by atoms with E-state index in [9.17, 15) is 14.0 Å². The summed E-state index contributed by atoms with van der Waals surface area (Å²) < 4.78 is 19.5. The number of furan rings is 1. The van der Waals surface area contributed by atoms with Gasteiger partial charge in [-0.15, -0.1) is 0 Å². The fourth-order valence-electron chi connectivity index (χ4n) is 1.98. The molecule has 1 aromatic carbocycles. The zero-order valence-corrected chi connectivity index (χ0v) is 10.6. The van der Waals surface area contributed by atoms with Crippen LogP contribution in [0.25, 0.3) is 21.9 Å². The highest BCUT2D eigenvalue weighted by atomic mass is 79.9. The Hall–Kier alpha value is -1.89. The van der Waals surface area contributed by atoms with Crippen LogP contribution in [-0.2, 0) is 0 Å². The minimum atomic E-state index is -0.752. The van der Waals surface area contributed by atoms with Gasteiger partial charge in [-0.3, -0.25) is 9.78 Å². The highest BCUT2D eigenvalue weighted by molar-refractivity contribution is 9.10. The molecule has 5 nitrogen and oxygen atoms in total. The van der Waals surface area contributed by atoms with Crippen LogP contribution in [0, 0.1) is 12.7 Å². The van der Waals surface area contributed by atoms with Gasteiger partial charge in [-0.25, -0.2) is 9.18 Å². The van der Waals surface area contributed by atoms with E-state index in [2.05, 4.69) is 25.9 Å². The number of H-pyrrole nitrogens is 2. The van der Waals surface area contributed by atoms with Crippen LogP contribution in [-0.4, -0.2) is 9.97 Å². The van der Waals surface area contributed by atoms with Gasteiger partial charge in [-0.05, 0) is 28.9 Å². The zero-order valence-electron chi connectivity index (χ0n) is 9.06. The molecule has 0 saturated heterocycles. The molecule has 0 aliphatic rings. The lowest BCUT2D eigenvalue weighted by Gasteiger charge is -2.02. The number of aryl methyl sites for hydroxylation is 1. The molecule has 0 bridgehead atoms. The molecule has 0 unspecified atom stereocenters. The largest absolute Gasteiger partial charge is 0.460 e. The average Bonchev–Trinajstić information content (AvgIpc) is 2.67. The van der Waals surface area contributed by atoms with Gasteiger partial charge in [-0.1, -0.05) is 0 Å². The third kappa shape index (κ3) is 1.37. The number of fused-ring (bicyclic) bond motifs is 3. The molecule has 3 aromatic rings. The van der Waals surface area contributed by atoms with E-state index in [-0.39, 0.29) is 21.0 Å². The van der Waals surface area contributed by atoms with Crippen molar-refractivity contribution in [3.8, 4) is 0 Å². The molecule has 3 rings (SSSR count). The smallest absolute Gasteiger partial charge is 0.326 e. The summed E-state index contributed by atoms with van der Waals surface area (Å²) in [4.78, 5) is 27.3. The second-order valence-corrected chi connectivity index (χ2v) is 4.68. The molecule has 2 N–H and O–H groups in total. The van der Waals surface area contributed by atoms with E-state index in [1.807, 2.05) is 0 Å². The second-order valence-electron chi connectivity index (χ2n) is 3.89. The van der Waals surface area contributed by atoms with Crippen LogP contribution in [0.4, 0.5) is 4.39 Å². The van der Waals surface area contributed by atoms with Crippen LogP contribution in [0.5, 0.6) is 0 Å². The first-order valence-electron chi connectivity index (χ1n) is 5.02. The first-order chi connectivity index (χ1) is 8.49. The summed E-state index contributed by atoms with van der Waals surface area (Å²) in [6, 6.07) is 1.62. The molecule has 7 heteroatoms. The molecular formula is C11H6BrFN2O3. The average molecular weight is 313 g/mol. The van der Waals surface area contributed by atoms with E-state index in [0.29, 0.717) is 11.1 Å². The van der Waals surface area contributed by atoms with E-state index in [1.54, 1.807) is 13.0 Å². The van der Waals surface area contributed by atoms with Crippen molar-refractivity contribution >= 4 is 37.8 Å².